The molecule has 1 fully saturated rings. The first-order valence-corrected chi connectivity index (χ1v) is 10.0. The number of ether oxygens (including phenoxy) is 1. The van der Waals surface area contributed by atoms with Gasteiger partial charge in [0.1, 0.15) is 0 Å². The van der Waals surface area contributed by atoms with Crippen LogP contribution in [0, 0.1) is 0 Å². The van der Waals surface area contributed by atoms with Crippen molar-refractivity contribution < 1.29 is 19.4 Å². The summed E-state index contributed by atoms with van der Waals surface area (Å²) in [4.78, 5) is 29.7. The Bertz CT molecular complexity index is 896. The summed E-state index contributed by atoms with van der Waals surface area (Å²) in [7, 11) is 0. The number of carbonyl (C=O) groups is 2. The highest BCUT2D eigenvalue weighted by Crippen LogP contribution is 2.43. The lowest BCUT2D eigenvalue weighted by atomic mass is 9.88. The van der Waals surface area contributed by atoms with Crippen molar-refractivity contribution >= 4 is 33.3 Å². The van der Waals surface area contributed by atoms with Gasteiger partial charge in [0.15, 0.2) is 11.4 Å². The van der Waals surface area contributed by atoms with E-state index >= 15 is 0 Å². The number of rotatable bonds is 5. The minimum atomic E-state index is -1.85. The molecule has 0 bridgehead atoms. The zero-order valence-corrected chi connectivity index (χ0v) is 16.9. The van der Waals surface area contributed by atoms with Gasteiger partial charge in [-0.05, 0) is 18.2 Å². The summed E-state index contributed by atoms with van der Waals surface area (Å²) in [6.45, 7) is 3.06. The Morgan fingerprint density at radius 3 is 2.50 bits per heavy atom. The highest BCUT2D eigenvalue weighted by Gasteiger charge is 2.51. The van der Waals surface area contributed by atoms with Gasteiger partial charge in [-0.3, -0.25) is 19.4 Å². The molecular weight excluding hydrogens is 424 g/mol. The van der Waals surface area contributed by atoms with Crippen LogP contribution in [-0.2, 0) is 15.1 Å². The normalized spacial score (nSPS) is 22.4. The maximum atomic E-state index is 13.2. The molecule has 0 radical (unpaired) electrons. The molecule has 4 rings (SSSR count). The fraction of sp³-hybridized carbons (Fsp3) is 0.333. The van der Waals surface area contributed by atoms with Gasteiger partial charge >= 0.3 is 0 Å². The summed E-state index contributed by atoms with van der Waals surface area (Å²) < 4.78 is 6.23. The van der Waals surface area contributed by atoms with E-state index in [1.54, 1.807) is 41.3 Å². The van der Waals surface area contributed by atoms with Crippen LogP contribution in [0.15, 0.2) is 53.0 Å². The van der Waals surface area contributed by atoms with Crippen molar-refractivity contribution in [3.63, 3.8) is 0 Å². The van der Waals surface area contributed by atoms with Crippen molar-refractivity contribution in [2.45, 2.75) is 12.0 Å². The van der Waals surface area contributed by atoms with E-state index in [9.17, 15) is 14.7 Å². The van der Waals surface area contributed by atoms with E-state index < -0.39 is 11.5 Å². The molecule has 0 aromatic heterocycles. The molecule has 2 aliphatic rings. The molecule has 0 aliphatic carbocycles. The molecule has 2 aromatic rings. The van der Waals surface area contributed by atoms with Crippen LogP contribution in [0.3, 0.4) is 0 Å². The van der Waals surface area contributed by atoms with Crippen molar-refractivity contribution in [3.8, 4) is 0 Å². The quantitative estimate of drug-likeness (QED) is 0.717. The number of morpholine rings is 1. The third-order valence-corrected chi connectivity index (χ3v) is 5.80. The van der Waals surface area contributed by atoms with Crippen LogP contribution >= 0.6 is 15.9 Å². The number of carbonyl (C=O) groups excluding carboxylic acids is 2. The van der Waals surface area contributed by atoms with Gasteiger partial charge in [0, 0.05) is 28.7 Å². The van der Waals surface area contributed by atoms with Gasteiger partial charge in [-0.15, -0.1) is 0 Å². The van der Waals surface area contributed by atoms with Crippen LogP contribution in [-0.4, -0.2) is 54.7 Å². The first-order chi connectivity index (χ1) is 13.5. The number of hydrogen-bond acceptors (Lipinski definition) is 5. The van der Waals surface area contributed by atoms with Gasteiger partial charge in [0.05, 0.1) is 32.0 Å². The van der Waals surface area contributed by atoms with Crippen molar-refractivity contribution in [1.29, 1.82) is 0 Å². The van der Waals surface area contributed by atoms with Crippen LogP contribution < -0.4 is 4.90 Å². The molecule has 1 amide bonds. The summed E-state index contributed by atoms with van der Waals surface area (Å²) >= 11 is 3.34. The Morgan fingerprint density at radius 2 is 1.79 bits per heavy atom. The molecular formula is C21H21BrN2O4. The first kappa shape index (κ1) is 19.3. The van der Waals surface area contributed by atoms with Gasteiger partial charge in [-0.1, -0.05) is 46.3 Å². The lowest BCUT2D eigenvalue weighted by Gasteiger charge is -2.31. The number of hydrogen-bond donors (Lipinski definition) is 1. The molecule has 1 N–H and O–H groups in total. The second kappa shape index (κ2) is 7.75. The fourth-order valence-corrected chi connectivity index (χ4v) is 3.99. The molecule has 1 atom stereocenters. The number of fused-ring (bicyclic) bond motifs is 1. The van der Waals surface area contributed by atoms with Crippen molar-refractivity contribution in [2.24, 2.45) is 0 Å². The molecule has 6 nitrogen and oxygen atoms in total. The van der Waals surface area contributed by atoms with E-state index in [4.69, 9.17) is 4.74 Å². The number of ketones is 1. The molecule has 2 heterocycles. The lowest BCUT2D eigenvalue weighted by molar-refractivity contribution is -0.136. The maximum absolute atomic E-state index is 13.2. The lowest BCUT2D eigenvalue weighted by Crippen LogP contribution is -2.49. The van der Waals surface area contributed by atoms with E-state index in [0.29, 0.717) is 36.7 Å². The SMILES string of the molecule is O=C(C[C@]1(O)C(=O)N(CN2CCOCC2)c2ccccc21)c1ccc(Br)cc1. The summed E-state index contributed by atoms with van der Waals surface area (Å²) in [5.74, 6) is -0.725. The van der Waals surface area contributed by atoms with Crippen LogP contribution in [0.1, 0.15) is 22.3 Å². The van der Waals surface area contributed by atoms with Gasteiger partial charge in [-0.2, -0.15) is 0 Å². The minimum Gasteiger partial charge on any atom is -0.379 e. The second-order valence-corrected chi connectivity index (χ2v) is 8.00. The van der Waals surface area contributed by atoms with Gasteiger partial charge in [0.25, 0.3) is 5.91 Å². The number of benzene rings is 2. The Morgan fingerprint density at radius 1 is 1.11 bits per heavy atom. The molecule has 2 aromatic carbocycles. The molecule has 0 saturated carbocycles. The Balaban J connectivity index is 1.61. The van der Waals surface area contributed by atoms with Crippen molar-refractivity contribution in [2.75, 3.05) is 37.9 Å². The van der Waals surface area contributed by atoms with Gasteiger partial charge in [0.2, 0.25) is 0 Å². The molecule has 28 heavy (non-hydrogen) atoms. The Hall–Kier alpha value is -2.06. The monoisotopic (exact) mass is 444 g/mol. The molecule has 146 valence electrons. The average Bonchev–Trinajstić information content (AvgIpc) is 2.91. The summed E-state index contributed by atoms with van der Waals surface area (Å²) in [5.41, 5.74) is -0.245. The standard InChI is InChI=1S/C21H21BrN2O4/c22-16-7-5-15(6-8-16)19(25)13-21(27)17-3-1-2-4-18(17)24(20(21)26)14-23-9-11-28-12-10-23/h1-8,27H,9-14H2/t21-/m1/s1. The average molecular weight is 445 g/mol. The van der Waals surface area contributed by atoms with Gasteiger partial charge in [-0.25, -0.2) is 0 Å². The van der Waals surface area contributed by atoms with E-state index in [2.05, 4.69) is 20.8 Å². The van der Waals surface area contributed by atoms with Crippen LogP contribution in [0.25, 0.3) is 0 Å². The fourth-order valence-electron chi connectivity index (χ4n) is 3.73. The predicted molar refractivity (Wildman–Crippen MR) is 108 cm³/mol. The van der Waals surface area contributed by atoms with E-state index in [1.165, 1.54) is 0 Å². The second-order valence-electron chi connectivity index (χ2n) is 7.09. The van der Waals surface area contributed by atoms with Crippen molar-refractivity contribution in [1.82, 2.24) is 4.90 Å². The number of Topliss-reactive ketones (excluding diaryl/α,β-unsaturated/α-hetero) is 1. The zero-order valence-electron chi connectivity index (χ0n) is 15.3. The summed E-state index contributed by atoms with van der Waals surface area (Å²) in [6, 6.07) is 14.1. The van der Waals surface area contributed by atoms with Gasteiger partial charge < -0.3 is 9.84 Å². The number of aliphatic hydroxyl groups is 1. The van der Waals surface area contributed by atoms with Crippen LogP contribution in [0.4, 0.5) is 5.69 Å². The summed E-state index contributed by atoms with van der Waals surface area (Å²) in [5, 5.41) is 11.3. The third kappa shape index (κ3) is 3.51. The van der Waals surface area contributed by atoms with E-state index in [0.717, 1.165) is 17.6 Å². The third-order valence-electron chi connectivity index (χ3n) is 5.27. The molecule has 0 unspecified atom stereocenters. The number of para-hydroxylation sites is 1. The topological polar surface area (TPSA) is 70.1 Å². The Labute approximate surface area is 171 Å². The predicted octanol–water partition coefficient (Wildman–Crippen LogP) is 2.55. The Kier molecular flexibility index (Phi) is 5.33. The van der Waals surface area contributed by atoms with Crippen LogP contribution in [0.5, 0.6) is 0 Å². The molecule has 0 spiro atoms. The molecule has 2 aliphatic heterocycles. The molecule has 1 saturated heterocycles. The van der Waals surface area contributed by atoms with Crippen LogP contribution in [0.2, 0.25) is 0 Å². The number of anilines is 1. The zero-order chi connectivity index (χ0) is 19.7. The number of nitrogens with zero attached hydrogens (tertiary/aromatic N) is 2. The summed E-state index contributed by atoms with van der Waals surface area (Å²) in [6.07, 6.45) is -0.288. The van der Waals surface area contributed by atoms with E-state index in [-0.39, 0.29) is 12.2 Å². The van der Waals surface area contributed by atoms with E-state index in [1.807, 2.05) is 12.1 Å². The number of halogens is 1. The highest BCUT2D eigenvalue weighted by molar-refractivity contribution is 9.10. The maximum Gasteiger partial charge on any atom is 0.265 e. The number of amides is 1. The highest BCUT2D eigenvalue weighted by atomic mass is 79.9. The smallest absolute Gasteiger partial charge is 0.265 e. The minimum absolute atomic E-state index is 0.272. The van der Waals surface area contributed by atoms with Crippen molar-refractivity contribution in [3.05, 3.63) is 64.1 Å². The largest absolute Gasteiger partial charge is 0.379 e. The molecule has 7 heteroatoms. The first-order valence-electron chi connectivity index (χ1n) is 9.22.